The minimum Gasteiger partial charge on any atom is -0.504 e. The quantitative estimate of drug-likeness (QED) is 0.136. The molecule has 0 unspecified atom stereocenters. The highest BCUT2D eigenvalue weighted by Crippen LogP contribution is 2.67. The average Bonchev–Trinajstić information content (AvgIpc) is 3.21. The van der Waals surface area contributed by atoms with Crippen LogP contribution in [0, 0.1) is 28.6 Å². The van der Waals surface area contributed by atoms with E-state index in [1.54, 1.807) is 12.2 Å². The summed E-state index contributed by atoms with van der Waals surface area (Å²) in [5, 5.41) is 59.0. The Labute approximate surface area is 244 Å². The number of carbonyl (C=O) groups is 3. The van der Waals surface area contributed by atoms with Crippen LogP contribution in [-0.4, -0.2) is 72.0 Å². The molecule has 9 N–H and O–H groups in total. The number of allylic oxidation sites excluding steroid dienone is 4. The van der Waals surface area contributed by atoms with E-state index in [-0.39, 0.29) is 46.9 Å². The van der Waals surface area contributed by atoms with Gasteiger partial charge in [0.25, 0.3) is 0 Å². The second-order valence-corrected chi connectivity index (χ2v) is 13.0. The van der Waals surface area contributed by atoms with Crippen LogP contribution in [0.2, 0.25) is 0 Å². The number of carbonyl (C=O) groups excluding carboxylic acids is 2. The number of aliphatic hydroxyl groups excluding tert-OH is 2. The van der Waals surface area contributed by atoms with Crippen molar-refractivity contribution < 1.29 is 45.0 Å². The number of Topliss-reactive ketones (excluding diaryl/α,β-unsaturated/α-hetero) is 1. The number of aliphatic carboxylic acids is 1. The number of aromatic hydroxyl groups is 2. The van der Waals surface area contributed by atoms with Gasteiger partial charge in [0, 0.05) is 23.2 Å². The largest absolute Gasteiger partial charge is 0.504 e. The fraction of sp³-hybridized carbons (Fsp3) is 0.581. The Morgan fingerprint density at radius 2 is 1.86 bits per heavy atom. The lowest BCUT2D eigenvalue weighted by molar-refractivity contribution is -0.178. The molecular weight excluding hydrogens is 544 g/mol. The summed E-state index contributed by atoms with van der Waals surface area (Å²) >= 11 is 0. The summed E-state index contributed by atoms with van der Waals surface area (Å²) in [6, 6.07) is 4.12. The molecule has 0 saturated heterocycles. The predicted octanol–water partition coefficient (Wildman–Crippen LogP) is 1.50. The Kier molecular flexibility index (Phi) is 8.49. The number of hydrogen-bond donors (Lipinski definition) is 8. The Morgan fingerprint density at radius 1 is 1.17 bits per heavy atom. The van der Waals surface area contributed by atoms with Crippen LogP contribution in [0.15, 0.2) is 42.0 Å². The number of hydrazine groups is 1. The van der Waals surface area contributed by atoms with Crippen LogP contribution in [0.1, 0.15) is 58.4 Å². The Hall–Kier alpha value is -3.09. The number of phenols is 2. The standard InChI is InChI=1S/C21H28O5.C10H14N2O4/c1-19-7-5-13(23)9-12(19)3-4-14-15-6-8-21(26,17(25)11-22)20(15,2)10-16(24)18(14)19;1-10(12-11,9(15)16)5-6-2-3-7(13)8(14)4-6/h5,7,9,14-16,18,22,24,26H,3-4,6,8,10-11H2,1-2H3;2-4,12-14H,5,11H2,1H3,(H,15,16)/t14-,15-,16-,18+,19-,20-,21-;10-/m00/s1. The van der Waals surface area contributed by atoms with Gasteiger partial charge in [-0.3, -0.25) is 20.2 Å². The maximum atomic E-state index is 12.4. The zero-order valence-electron chi connectivity index (χ0n) is 24.2. The zero-order valence-corrected chi connectivity index (χ0v) is 24.2. The number of benzene rings is 1. The molecular formula is C31H42N2O9. The number of carboxylic acid groups (broad SMARTS) is 1. The van der Waals surface area contributed by atoms with Gasteiger partial charge in [-0.15, -0.1) is 0 Å². The highest BCUT2D eigenvalue weighted by molar-refractivity contribution is 6.01. The zero-order chi connectivity index (χ0) is 31.3. The van der Waals surface area contributed by atoms with E-state index in [4.69, 9.17) is 16.1 Å². The summed E-state index contributed by atoms with van der Waals surface area (Å²) in [6.45, 7) is 4.77. The Morgan fingerprint density at radius 3 is 2.45 bits per heavy atom. The molecule has 4 aliphatic carbocycles. The third-order valence-corrected chi connectivity index (χ3v) is 10.6. The van der Waals surface area contributed by atoms with Crippen molar-refractivity contribution in [2.45, 2.75) is 76.5 Å². The molecule has 3 saturated carbocycles. The second-order valence-electron chi connectivity index (χ2n) is 13.0. The molecule has 0 heterocycles. The first-order chi connectivity index (χ1) is 19.6. The molecule has 3 fully saturated rings. The highest BCUT2D eigenvalue weighted by Gasteiger charge is 2.67. The number of aliphatic hydroxyl groups is 3. The highest BCUT2D eigenvalue weighted by atomic mass is 16.4. The van der Waals surface area contributed by atoms with Crippen molar-refractivity contribution in [3.8, 4) is 11.5 Å². The number of nitrogens with one attached hydrogen (secondary N) is 1. The first-order valence-corrected chi connectivity index (χ1v) is 14.3. The molecule has 11 heteroatoms. The summed E-state index contributed by atoms with van der Waals surface area (Å²) < 4.78 is 0. The van der Waals surface area contributed by atoms with E-state index < -0.39 is 41.0 Å². The summed E-state index contributed by atoms with van der Waals surface area (Å²) in [5.41, 5.74) is -0.0869. The lowest BCUT2D eigenvalue weighted by atomic mass is 9.46. The average molecular weight is 587 g/mol. The number of nitrogens with two attached hydrogens (primary N) is 1. The number of carboxylic acids is 1. The number of fused-ring (bicyclic) bond motifs is 5. The van der Waals surface area contributed by atoms with Gasteiger partial charge in [0.15, 0.2) is 23.1 Å². The Balaban J connectivity index is 0.000000219. The maximum absolute atomic E-state index is 12.4. The molecule has 0 aromatic heterocycles. The lowest BCUT2D eigenvalue weighted by Crippen LogP contribution is -2.61. The SMILES string of the molecule is C[C@@](Cc1ccc(O)c(O)c1)(NN)C(=O)O.C[C@]12C=CC(=O)C=C1CC[C@@H]1[C@@H]2[C@@H](O)C[C@@]2(C)[C@H]1CC[C@]2(O)C(=O)CO. The van der Waals surface area contributed by atoms with Gasteiger partial charge in [0.05, 0.1) is 6.10 Å². The predicted molar refractivity (Wildman–Crippen MR) is 152 cm³/mol. The van der Waals surface area contributed by atoms with Crippen molar-refractivity contribution in [2.24, 2.45) is 34.4 Å². The molecule has 1 aromatic rings. The molecule has 0 spiro atoms. The number of ketones is 2. The van der Waals surface area contributed by atoms with Gasteiger partial charge in [0.2, 0.25) is 0 Å². The molecule has 0 aliphatic heterocycles. The molecule has 5 rings (SSSR count). The van der Waals surface area contributed by atoms with Crippen LogP contribution in [0.4, 0.5) is 0 Å². The van der Waals surface area contributed by atoms with Crippen molar-refractivity contribution in [2.75, 3.05) is 6.61 Å². The molecule has 0 bridgehead atoms. The van der Waals surface area contributed by atoms with E-state index in [2.05, 4.69) is 12.3 Å². The third kappa shape index (κ3) is 5.07. The van der Waals surface area contributed by atoms with Gasteiger partial charge in [-0.25, -0.2) is 5.43 Å². The van der Waals surface area contributed by atoms with Gasteiger partial charge >= 0.3 is 5.97 Å². The number of rotatable bonds is 6. The summed E-state index contributed by atoms with van der Waals surface area (Å²) in [6.07, 6.45) is 7.77. The Bertz CT molecular complexity index is 1330. The van der Waals surface area contributed by atoms with Crippen LogP contribution in [0.5, 0.6) is 11.5 Å². The van der Waals surface area contributed by atoms with E-state index >= 15 is 0 Å². The summed E-state index contributed by atoms with van der Waals surface area (Å²) in [7, 11) is 0. The second kappa shape index (κ2) is 11.2. The number of hydrogen-bond acceptors (Lipinski definition) is 10. The van der Waals surface area contributed by atoms with Crippen molar-refractivity contribution in [1.29, 1.82) is 0 Å². The fourth-order valence-electron chi connectivity index (χ4n) is 8.19. The fourth-order valence-corrected chi connectivity index (χ4v) is 8.19. The van der Waals surface area contributed by atoms with E-state index in [9.17, 15) is 34.8 Å². The van der Waals surface area contributed by atoms with Crippen LogP contribution in [-0.2, 0) is 20.8 Å². The van der Waals surface area contributed by atoms with Gasteiger partial charge < -0.3 is 30.6 Å². The van der Waals surface area contributed by atoms with Crippen LogP contribution in [0.25, 0.3) is 0 Å². The first kappa shape index (κ1) is 31.8. The van der Waals surface area contributed by atoms with Gasteiger partial charge in [-0.1, -0.05) is 31.6 Å². The molecule has 0 radical (unpaired) electrons. The summed E-state index contributed by atoms with van der Waals surface area (Å²) in [5.74, 6) is 3.32. The smallest absolute Gasteiger partial charge is 0.325 e. The lowest BCUT2D eigenvalue weighted by Gasteiger charge is -2.59. The molecule has 0 amide bonds. The van der Waals surface area contributed by atoms with Crippen molar-refractivity contribution in [3.63, 3.8) is 0 Å². The van der Waals surface area contributed by atoms with Gasteiger partial charge in [-0.2, -0.15) is 0 Å². The minimum atomic E-state index is -1.56. The molecule has 11 nitrogen and oxygen atoms in total. The first-order valence-electron chi connectivity index (χ1n) is 14.3. The van der Waals surface area contributed by atoms with Gasteiger partial charge in [-0.05, 0) is 80.7 Å². The maximum Gasteiger partial charge on any atom is 0.325 e. The molecule has 42 heavy (non-hydrogen) atoms. The topological polar surface area (TPSA) is 211 Å². The van der Waals surface area contributed by atoms with Crippen molar-refractivity contribution in [1.82, 2.24) is 5.43 Å². The molecule has 8 atom stereocenters. The third-order valence-electron chi connectivity index (χ3n) is 10.6. The number of phenolic OH excluding ortho intramolecular Hbond substituents is 2. The molecule has 1 aromatic carbocycles. The van der Waals surface area contributed by atoms with Gasteiger partial charge in [0.1, 0.15) is 17.7 Å². The molecule has 230 valence electrons. The van der Waals surface area contributed by atoms with E-state index in [0.717, 1.165) is 24.8 Å². The normalized spacial score (nSPS) is 36.4. The van der Waals surface area contributed by atoms with Crippen LogP contribution in [0.3, 0.4) is 0 Å². The van der Waals surface area contributed by atoms with E-state index in [1.165, 1.54) is 25.1 Å². The van der Waals surface area contributed by atoms with Crippen molar-refractivity contribution in [3.05, 3.63) is 47.6 Å². The summed E-state index contributed by atoms with van der Waals surface area (Å²) in [4.78, 5) is 35.1. The van der Waals surface area contributed by atoms with E-state index in [0.29, 0.717) is 18.4 Å². The monoisotopic (exact) mass is 586 g/mol. The van der Waals surface area contributed by atoms with E-state index in [1.807, 2.05) is 13.0 Å². The van der Waals surface area contributed by atoms with Crippen molar-refractivity contribution >= 4 is 17.5 Å². The van der Waals surface area contributed by atoms with Crippen LogP contribution < -0.4 is 11.3 Å². The molecule has 4 aliphatic rings. The minimum absolute atomic E-state index is 0.00912. The van der Waals surface area contributed by atoms with Crippen LogP contribution >= 0.6 is 0 Å².